The summed E-state index contributed by atoms with van der Waals surface area (Å²) in [7, 11) is -1.10. The molecule has 0 spiro atoms. The van der Waals surface area contributed by atoms with Gasteiger partial charge in [-0.25, -0.2) is 17.5 Å². The quantitative estimate of drug-likeness (QED) is 0.768. The highest BCUT2D eigenvalue weighted by molar-refractivity contribution is 7.88. The fourth-order valence-corrected chi connectivity index (χ4v) is 2.55. The maximum absolute atomic E-state index is 12.2. The molecule has 0 atom stereocenters. The maximum atomic E-state index is 12.2. The number of amides is 1. The zero-order valence-corrected chi connectivity index (χ0v) is 14.9. The summed E-state index contributed by atoms with van der Waals surface area (Å²) in [6, 6.07) is 1.11. The lowest BCUT2D eigenvalue weighted by Crippen LogP contribution is -2.35. The molecule has 0 aromatic carbocycles. The number of carboxylic acid groups (broad SMARTS) is 1. The molecule has 136 valence electrons. The first-order chi connectivity index (χ1) is 11.5. The van der Waals surface area contributed by atoms with E-state index in [0.29, 0.717) is 0 Å². The summed E-state index contributed by atoms with van der Waals surface area (Å²) >= 11 is 0. The smallest absolute Gasteiger partial charge is 0.331 e. The van der Waals surface area contributed by atoms with Crippen molar-refractivity contribution < 1.29 is 27.5 Å². The average Bonchev–Trinajstić information content (AvgIpc) is 3.16. The minimum atomic E-state index is -3.78. The monoisotopic (exact) mass is 370 g/mol. The van der Waals surface area contributed by atoms with Gasteiger partial charge in [-0.05, 0) is 13.8 Å². The van der Waals surface area contributed by atoms with Crippen LogP contribution in [0.2, 0.25) is 0 Å². The molecular weight excluding hydrogens is 352 g/mol. The van der Waals surface area contributed by atoms with Crippen LogP contribution in [0.5, 0.6) is 0 Å². The summed E-state index contributed by atoms with van der Waals surface area (Å²) in [4.78, 5) is 23.4. The summed E-state index contributed by atoms with van der Waals surface area (Å²) in [6.07, 6.45) is 3.68. The number of hydrogen-bond acceptors (Lipinski definition) is 6. The Bertz CT molecular complexity index is 909. The molecule has 0 aliphatic carbocycles. The van der Waals surface area contributed by atoms with E-state index in [4.69, 9.17) is 9.52 Å². The summed E-state index contributed by atoms with van der Waals surface area (Å²) in [5, 5.41) is 15.2. The number of carboxylic acids is 1. The highest BCUT2D eigenvalue weighted by Crippen LogP contribution is 2.20. The molecule has 0 unspecified atom stereocenters. The Kier molecular flexibility index (Phi) is 4.73. The second-order valence-corrected chi connectivity index (χ2v) is 8.02. The van der Waals surface area contributed by atoms with Gasteiger partial charge in [-0.15, -0.1) is 0 Å². The first kappa shape index (κ1) is 18.7. The van der Waals surface area contributed by atoms with Gasteiger partial charge in [0.1, 0.15) is 6.26 Å². The molecule has 1 amide bonds. The Hall–Kier alpha value is -2.66. The molecule has 2 N–H and O–H groups in total. The highest BCUT2D eigenvalue weighted by Gasteiger charge is 2.30. The van der Waals surface area contributed by atoms with Crippen molar-refractivity contribution in [1.29, 1.82) is 0 Å². The van der Waals surface area contributed by atoms with Crippen LogP contribution in [0, 0.1) is 0 Å². The SMILES string of the molecule is CN(C)S(=O)(=O)c1cc(C(=O)Nc2cnn(C(C)(C)C(=O)O)c2)co1. The molecule has 0 aliphatic heterocycles. The molecule has 0 bridgehead atoms. The van der Waals surface area contributed by atoms with E-state index in [9.17, 15) is 18.0 Å². The van der Waals surface area contributed by atoms with Gasteiger partial charge in [-0.1, -0.05) is 0 Å². The first-order valence-electron chi connectivity index (χ1n) is 7.07. The van der Waals surface area contributed by atoms with Crippen molar-refractivity contribution in [3.8, 4) is 0 Å². The molecule has 25 heavy (non-hydrogen) atoms. The van der Waals surface area contributed by atoms with E-state index >= 15 is 0 Å². The van der Waals surface area contributed by atoms with Crippen molar-refractivity contribution in [2.75, 3.05) is 19.4 Å². The van der Waals surface area contributed by atoms with Crippen molar-refractivity contribution in [3.63, 3.8) is 0 Å². The van der Waals surface area contributed by atoms with E-state index in [1.54, 1.807) is 0 Å². The Morgan fingerprint density at radius 1 is 1.36 bits per heavy atom. The van der Waals surface area contributed by atoms with Crippen LogP contribution < -0.4 is 5.32 Å². The second kappa shape index (κ2) is 6.33. The fraction of sp³-hybridized carbons (Fsp3) is 0.357. The third-order valence-electron chi connectivity index (χ3n) is 3.51. The van der Waals surface area contributed by atoms with Crippen LogP contribution in [0.15, 0.2) is 34.2 Å². The van der Waals surface area contributed by atoms with Crippen LogP contribution in [0.1, 0.15) is 24.2 Å². The average molecular weight is 370 g/mol. The van der Waals surface area contributed by atoms with Gasteiger partial charge in [-0.2, -0.15) is 5.10 Å². The third kappa shape index (κ3) is 3.56. The van der Waals surface area contributed by atoms with Gasteiger partial charge in [0.2, 0.25) is 5.09 Å². The van der Waals surface area contributed by atoms with Crippen molar-refractivity contribution in [1.82, 2.24) is 14.1 Å². The van der Waals surface area contributed by atoms with Gasteiger partial charge in [-0.3, -0.25) is 9.48 Å². The fourth-order valence-electron chi connectivity index (χ4n) is 1.75. The number of anilines is 1. The predicted molar refractivity (Wildman–Crippen MR) is 86.7 cm³/mol. The second-order valence-electron chi connectivity index (χ2n) is 5.93. The Balaban J connectivity index is 2.18. The van der Waals surface area contributed by atoms with E-state index in [-0.39, 0.29) is 16.3 Å². The van der Waals surface area contributed by atoms with Crippen LogP contribution in [-0.4, -0.2) is 53.6 Å². The third-order valence-corrected chi connectivity index (χ3v) is 5.19. The van der Waals surface area contributed by atoms with Crippen LogP contribution in [0.3, 0.4) is 0 Å². The maximum Gasteiger partial charge on any atom is 0.331 e. The lowest BCUT2D eigenvalue weighted by molar-refractivity contribution is -0.146. The number of rotatable bonds is 6. The van der Waals surface area contributed by atoms with Crippen molar-refractivity contribution >= 4 is 27.6 Å². The van der Waals surface area contributed by atoms with E-state index < -0.39 is 27.4 Å². The van der Waals surface area contributed by atoms with E-state index in [1.807, 2.05) is 0 Å². The van der Waals surface area contributed by atoms with E-state index in [1.165, 1.54) is 45.0 Å². The number of aromatic nitrogens is 2. The normalized spacial score (nSPS) is 12.4. The summed E-state index contributed by atoms with van der Waals surface area (Å²) in [6.45, 7) is 2.92. The van der Waals surface area contributed by atoms with Gasteiger partial charge in [0.05, 0.1) is 17.4 Å². The van der Waals surface area contributed by atoms with Crippen molar-refractivity contribution in [3.05, 3.63) is 30.3 Å². The van der Waals surface area contributed by atoms with Crippen molar-refractivity contribution in [2.24, 2.45) is 0 Å². The molecule has 2 heterocycles. The number of hydrogen-bond donors (Lipinski definition) is 2. The number of sulfonamides is 1. The van der Waals surface area contributed by atoms with Crippen LogP contribution in [-0.2, 0) is 20.4 Å². The first-order valence-corrected chi connectivity index (χ1v) is 8.51. The lowest BCUT2D eigenvalue weighted by atomic mass is 10.1. The molecule has 0 saturated heterocycles. The number of carbonyl (C=O) groups excluding carboxylic acids is 1. The molecule has 0 fully saturated rings. The number of carbonyl (C=O) groups is 2. The summed E-state index contributed by atoms with van der Waals surface area (Å²) in [5.41, 5.74) is -1.02. The van der Waals surface area contributed by atoms with Gasteiger partial charge >= 0.3 is 5.97 Å². The molecule has 10 nitrogen and oxygen atoms in total. The molecule has 0 radical (unpaired) electrons. The molecule has 0 aliphatic rings. The predicted octanol–water partition coefficient (Wildman–Crippen LogP) is 0.798. The topological polar surface area (TPSA) is 135 Å². The van der Waals surface area contributed by atoms with E-state index in [0.717, 1.165) is 16.6 Å². The zero-order chi connectivity index (χ0) is 19.0. The Labute approximate surface area is 144 Å². The minimum Gasteiger partial charge on any atom is -0.479 e. The van der Waals surface area contributed by atoms with E-state index in [2.05, 4.69) is 10.4 Å². The molecule has 2 aromatic heterocycles. The summed E-state index contributed by atoms with van der Waals surface area (Å²) < 4.78 is 31.0. The van der Waals surface area contributed by atoms with Gasteiger partial charge in [0, 0.05) is 26.4 Å². The zero-order valence-electron chi connectivity index (χ0n) is 14.0. The van der Waals surface area contributed by atoms with Gasteiger partial charge < -0.3 is 14.8 Å². The number of aliphatic carboxylic acids is 1. The summed E-state index contributed by atoms with van der Waals surface area (Å²) in [5.74, 6) is -1.70. The van der Waals surface area contributed by atoms with Gasteiger partial charge in [0.25, 0.3) is 15.9 Å². The largest absolute Gasteiger partial charge is 0.479 e. The number of furan rings is 1. The van der Waals surface area contributed by atoms with Crippen LogP contribution in [0.25, 0.3) is 0 Å². The molecule has 2 aromatic rings. The minimum absolute atomic E-state index is 0.00525. The molecule has 11 heteroatoms. The highest BCUT2D eigenvalue weighted by atomic mass is 32.2. The van der Waals surface area contributed by atoms with Crippen molar-refractivity contribution in [2.45, 2.75) is 24.5 Å². The lowest BCUT2D eigenvalue weighted by Gasteiger charge is -2.19. The molecular formula is C14H18N4O6S. The Morgan fingerprint density at radius 2 is 2.00 bits per heavy atom. The van der Waals surface area contributed by atoms with Gasteiger partial charge in [0.15, 0.2) is 5.54 Å². The van der Waals surface area contributed by atoms with Crippen LogP contribution >= 0.6 is 0 Å². The number of nitrogens with zero attached hydrogens (tertiary/aromatic N) is 3. The Morgan fingerprint density at radius 3 is 2.56 bits per heavy atom. The van der Waals surface area contributed by atoms with Crippen LogP contribution in [0.4, 0.5) is 5.69 Å². The standard InChI is InChI=1S/C14H18N4O6S/c1-14(2,13(20)21)18-7-10(6-15-18)16-12(19)9-5-11(24-8-9)25(22,23)17(3)4/h5-8H,1-4H3,(H,16,19)(H,20,21). The molecule has 0 saturated carbocycles. The number of nitrogens with one attached hydrogen (secondary N) is 1. The molecule has 2 rings (SSSR count).